The Kier molecular flexibility index (Phi) is 7.28. The van der Waals surface area contributed by atoms with Crippen LogP contribution in [0.1, 0.15) is 6.23 Å². The first-order chi connectivity index (χ1) is 16.1. The van der Waals surface area contributed by atoms with Gasteiger partial charge in [0.1, 0.15) is 29.5 Å². The lowest BCUT2D eigenvalue weighted by molar-refractivity contribution is -0.00630. The summed E-state index contributed by atoms with van der Waals surface area (Å²) in [6, 6.07) is 16.7. The monoisotopic (exact) mass is 468 g/mol. The summed E-state index contributed by atoms with van der Waals surface area (Å²) in [6.07, 6.45) is 2.76. The molecule has 0 unspecified atom stereocenters. The van der Waals surface area contributed by atoms with E-state index in [1.807, 2.05) is 53.4 Å². The number of aromatic nitrogens is 2. The number of aliphatic hydroxyl groups excluding tert-OH is 1. The van der Waals surface area contributed by atoms with Gasteiger partial charge in [0.2, 0.25) is 0 Å². The highest BCUT2D eigenvalue weighted by molar-refractivity contribution is 8.00. The standard InChI is InChI=1S/C23H24N4O5S/c1-30-18-7-3-16(4-8-18)27(17-5-9-19(31-2)10-6-17)15-24-20-11-12-26(23(29)25-20)21-14-33-22(13-28)32-21/h3-12,15,21-22,28H,13-14H2,1-2H3/t21-,22+/m0/s1. The Labute approximate surface area is 195 Å². The molecule has 0 aliphatic carbocycles. The van der Waals surface area contributed by atoms with Gasteiger partial charge in [-0.3, -0.25) is 4.57 Å². The van der Waals surface area contributed by atoms with Crippen molar-refractivity contribution in [3.63, 3.8) is 0 Å². The molecule has 0 bridgehead atoms. The zero-order valence-corrected chi connectivity index (χ0v) is 19.0. The minimum Gasteiger partial charge on any atom is -0.497 e. The smallest absolute Gasteiger partial charge is 0.351 e. The van der Waals surface area contributed by atoms with Crippen LogP contribution in [-0.4, -0.2) is 53.0 Å². The Balaban J connectivity index is 1.60. The number of benzene rings is 2. The zero-order chi connectivity index (χ0) is 23.2. The third-order valence-electron chi connectivity index (χ3n) is 5.01. The molecule has 1 aromatic heterocycles. The number of anilines is 2. The fourth-order valence-corrected chi connectivity index (χ4v) is 4.20. The molecule has 1 aliphatic rings. The second kappa shape index (κ2) is 10.5. The van der Waals surface area contributed by atoms with E-state index in [1.165, 1.54) is 16.3 Å². The van der Waals surface area contributed by atoms with E-state index in [1.54, 1.807) is 32.8 Å². The van der Waals surface area contributed by atoms with Gasteiger partial charge in [0, 0.05) is 23.3 Å². The second-order valence-corrected chi connectivity index (χ2v) is 8.21. The van der Waals surface area contributed by atoms with Gasteiger partial charge in [-0.15, -0.1) is 11.8 Å². The molecule has 9 nitrogen and oxygen atoms in total. The number of thioether (sulfide) groups is 1. The van der Waals surface area contributed by atoms with Crippen LogP contribution in [0.2, 0.25) is 0 Å². The van der Waals surface area contributed by atoms with E-state index in [-0.39, 0.29) is 17.9 Å². The average molecular weight is 469 g/mol. The first-order valence-corrected chi connectivity index (χ1v) is 11.2. The fraction of sp³-hybridized carbons (Fsp3) is 0.261. The van der Waals surface area contributed by atoms with E-state index in [9.17, 15) is 9.90 Å². The molecular formula is C23H24N4O5S. The van der Waals surface area contributed by atoms with Crippen molar-refractivity contribution in [2.45, 2.75) is 11.7 Å². The molecule has 0 radical (unpaired) electrons. The minimum absolute atomic E-state index is 0.0989. The van der Waals surface area contributed by atoms with Crippen molar-refractivity contribution in [1.82, 2.24) is 9.55 Å². The van der Waals surface area contributed by atoms with Crippen molar-refractivity contribution in [1.29, 1.82) is 0 Å². The Morgan fingerprint density at radius 2 is 1.73 bits per heavy atom. The molecule has 2 heterocycles. The lowest BCUT2D eigenvalue weighted by Crippen LogP contribution is -2.28. The molecule has 1 N–H and O–H groups in total. The van der Waals surface area contributed by atoms with E-state index in [0.29, 0.717) is 5.75 Å². The number of nitrogens with zero attached hydrogens (tertiary/aromatic N) is 4. The highest BCUT2D eigenvalue weighted by Crippen LogP contribution is 2.31. The van der Waals surface area contributed by atoms with Crippen molar-refractivity contribution in [3.05, 3.63) is 71.3 Å². The zero-order valence-electron chi connectivity index (χ0n) is 18.2. The van der Waals surface area contributed by atoms with Crippen LogP contribution in [0.4, 0.5) is 17.2 Å². The van der Waals surface area contributed by atoms with Crippen LogP contribution < -0.4 is 20.1 Å². The van der Waals surface area contributed by atoms with Crippen LogP contribution in [0.5, 0.6) is 11.5 Å². The first kappa shape index (κ1) is 22.8. The highest BCUT2D eigenvalue weighted by atomic mass is 32.2. The van der Waals surface area contributed by atoms with Gasteiger partial charge in [0.25, 0.3) is 0 Å². The molecule has 0 amide bonds. The van der Waals surface area contributed by atoms with Crippen molar-refractivity contribution in [2.24, 2.45) is 4.99 Å². The molecular weight excluding hydrogens is 444 g/mol. The molecule has 10 heteroatoms. The summed E-state index contributed by atoms with van der Waals surface area (Å²) < 4.78 is 17.6. The molecule has 33 heavy (non-hydrogen) atoms. The third-order valence-corrected chi connectivity index (χ3v) is 6.12. The van der Waals surface area contributed by atoms with Crippen LogP contribution in [0.15, 0.2) is 70.6 Å². The highest BCUT2D eigenvalue weighted by Gasteiger charge is 2.27. The van der Waals surface area contributed by atoms with Crippen LogP contribution in [0.3, 0.4) is 0 Å². The van der Waals surface area contributed by atoms with E-state index >= 15 is 0 Å². The van der Waals surface area contributed by atoms with Crippen LogP contribution in [-0.2, 0) is 4.74 Å². The summed E-state index contributed by atoms with van der Waals surface area (Å²) >= 11 is 1.46. The summed E-state index contributed by atoms with van der Waals surface area (Å²) in [5.74, 6) is 2.32. The lowest BCUT2D eigenvalue weighted by Gasteiger charge is -2.20. The normalized spacial score (nSPS) is 17.9. The molecule has 2 atom stereocenters. The van der Waals surface area contributed by atoms with Crippen molar-refractivity contribution >= 4 is 35.3 Å². The van der Waals surface area contributed by atoms with Gasteiger partial charge in [-0.1, -0.05) is 0 Å². The summed E-state index contributed by atoms with van der Waals surface area (Å²) in [7, 11) is 3.23. The van der Waals surface area contributed by atoms with Crippen molar-refractivity contribution < 1.29 is 19.3 Å². The third kappa shape index (κ3) is 5.36. The number of hydrogen-bond acceptors (Lipinski definition) is 8. The van der Waals surface area contributed by atoms with Gasteiger partial charge in [-0.05, 0) is 54.6 Å². The number of rotatable bonds is 8. The topological polar surface area (TPSA) is 98.4 Å². The van der Waals surface area contributed by atoms with Crippen LogP contribution in [0.25, 0.3) is 0 Å². The van der Waals surface area contributed by atoms with Crippen LogP contribution in [0, 0.1) is 0 Å². The van der Waals surface area contributed by atoms with E-state index < -0.39 is 11.9 Å². The number of ether oxygens (including phenoxy) is 3. The number of hydrogen-bond donors (Lipinski definition) is 1. The largest absolute Gasteiger partial charge is 0.497 e. The Morgan fingerprint density at radius 3 is 2.21 bits per heavy atom. The predicted octanol–water partition coefficient (Wildman–Crippen LogP) is 3.34. The average Bonchev–Trinajstić information content (AvgIpc) is 3.34. The number of methoxy groups -OCH3 is 2. The van der Waals surface area contributed by atoms with E-state index in [2.05, 4.69) is 9.98 Å². The maximum absolute atomic E-state index is 12.5. The number of aliphatic imine (C=N–C) groups is 1. The lowest BCUT2D eigenvalue weighted by atomic mass is 10.2. The predicted molar refractivity (Wildman–Crippen MR) is 128 cm³/mol. The van der Waals surface area contributed by atoms with Gasteiger partial charge >= 0.3 is 5.69 Å². The summed E-state index contributed by atoms with van der Waals surface area (Å²) in [6.45, 7) is -0.0989. The van der Waals surface area contributed by atoms with Gasteiger partial charge in [0.15, 0.2) is 5.82 Å². The van der Waals surface area contributed by atoms with E-state index in [0.717, 1.165) is 22.9 Å². The summed E-state index contributed by atoms with van der Waals surface area (Å²) in [5.41, 5.74) is 0.908. The molecule has 1 fully saturated rings. The van der Waals surface area contributed by atoms with Gasteiger partial charge in [-0.2, -0.15) is 4.98 Å². The SMILES string of the molecule is COc1ccc(N(C=Nc2ccn([C@@H]3CS[C@H](CO)O3)c(=O)n2)c2ccc(OC)cc2)cc1. The second-order valence-electron chi connectivity index (χ2n) is 7.02. The van der Waals surface area contributed by atoms with Gasteiger partial charge in [-0.25, -0.2) is 9.79 Å². The molecule has 4 rings (SSSR count). The van der Waals surface area contributed by atoms with Gasteiger partial charge < -0.3 is 24.2 Å². The van der Waals surface area contributed by atoms with Crippen molar-refractivity contribution in [2.75, 3.05) is 31.5 Å². The Hall–Kier alpha value is -3.34. The fourth-order valence-electron chi connectivity index (χ4n) is 3.26. The first-order valence-electron chi connectivity index (χ1n) is 10.2. The maximum atomic E-state index is 12.5. The number of aliphatic hydroxyl groups is 1. The summed E-state index contributed by atoms with van der Waals surface area (Å²) in [4.78, 5) is 22.9. The molecule has 0 saturated carbocycles. The Bertz CT molecular complexity index is 1100. The molecule has 0 spiro atoms. The Morgan fingerprint density at radius 1 is 1.12 bits per heavy atom. The molecule has 2 aromatic carbocycles. The summed E-state index contributed by atoms with van der Waals surface area (Å²) in [5, 5.41) is 9.23. The van der Waals surface area contributed by atoms with Crippen LogP contribution >= 0.6 is 11.8 Å². The van der Waals surface area contributed by atoms with Crippen molar-refractivity contribution in [3.8, 4) is 11.5 Å². The molecule has 172 valence electrons. The minimum atomic E-state index is -0.464. The maximum Gasteiger partial charge on any atom is 0.351 e. The van der Waals surface area contributed by atoms with E-state index in [4.69, 9.17) is 14.2 Å². The molecule has 3 aromatic rings. The molecule has 1 aliphatic heterocycles. The van der Waals surface area contributed by atoms with Gasteiger partial charge in [0.05, 0.1) is 20.8 Å². The quantitative estimate of drug-likeness (QED) is 0.397. The molecule has 1 saturated heterocycles.